The molecule has 0 aliphatic heterocycles. The van der Waals surface area contributed by atoms with Crippen molar-refractivity contribution in [2.75, 3.05) is 6.54 Å². The van der Waals surface area contributed by atoms with Gasteiger partial charge >= 0.3 is 0 Å². The number of nitrogens with two attached hydrogens (primary N) is 2. The van der Waals surface area contributed by atoms with Gasteiger partial charge in [-0.05, 0) is 56.9 Å². The molecule has 0 unspecified atom stereocenters. The lowest BCUT2D eigenvalue weighted by atomic mass is 9.70. The molecule has 2 fully saturated rings. The van der Waals surface area contributed by atoms with Gasteiger partial charge in [0.1, 0.15) is 0 Å². The van der Waals surface area contributed by atoms with Crippen LogP contribution >= 0.6 is 0 Å². The van der Waals surface area contributed by atoms with E-state index in [1.807, 2.05) is 0 Å². The van der Waals surface area contributed by atoms with Gasteiger partial charge in [0, 0.05) is 5.54 Å². The Morgan fingerprint density at radius 2 is 1.28 bits per heavy atom. The molecule has 0 bridgehead atoms. The molecule has 2 nitrogen and oxygen atoms in total. The third-order valence-corrected chi connectivity index (χ3v) is 5.54. The second kappa shape index (κ2) is 6.91. The van der Waals surface area contributed by atoms with Crippen LogP contribution in [0.4, 0.5) is 0 Å². The molecule has 0 saturated heterocycles. The van der Waals surface area contributed by atoms with Crippen LogP contribution in [0.15, 0.2) is 0 Å². The largest absolute Gasteiger partial charge is 0.330 e. The molecule has 0 aromatic heterocycles. The maximum Gasteiger partial charge on any atom is 0.0211 e. The van der Waals surface area contributed by atoms with Crippen LogP contribution in [0.2, 0.25) is 0 Å². The van der Waals surface area contributed by atoms with Crippen molar-refractivity contribution in [1.82, 2.24) is 0 Å². The van der Waals surface area contributed by atoms with Gasteiger partial charge in [-0.3, -0.25) is 0 Å². The molecule has 0 aromatic rings. The van der Waals surface area contributed by atoms with Gasteiger partial charge in [0.15, 0.2) is 0 Å². The summed E-state index contributed by atoms with van der Waals surface area (Å²) in [6.45, 7) is 0.838. The van der Waals surface area contributed by atoms with Crippen molar-refractivity contribution >= 4 is 0 Å². The van der Waals surface area contributed by atoms with E-state index in [1.54, 1.807) is 0 Å². The number of rotatable bonds is 7. The third-order valence-electron chi connectivity index (χ3n) is 5.54. The zero-order chi connectivity index (χ0) is 12.8. The van der Waals surface area contributed by atoms with Gasteiger partial charge in [0.2, 0.25) is 0 Å². The van der Waals surface area contributed by atoms with Crippen molar-refractivity contribution in [1.29, 1.82) is 0 Å². The molecule has 18 heavy (non-hydrogen) atoms. The highest BCUT2D eigenvalue weighted by atomic mass is 14.8. The molecule has 0 atom stereocenters. The molecule has 2 heteroatoms. The maximum atomic E-state index is 6.96. The van der Waals surface area contributed by atoms with Crippen LogP contribution in [0, 0.1) is 11.8 Å². The monoisotopic (exact) mass is 252 g/mol. The summed E-state index contributed by atoms with van der Waals surface area (Å²) in [6, 6.07) is 0. The number of unbranched alkanes of at least 4 members (excludes halogenated alkanes) is 2. The molecule has 2 aliphatic rings. The van der Waals surface area contributed by atoms with Crippen molar-refractivity contribution in [3.8, 4) is 0 Å². The first-order valence-electron chi connectivity index (χ1n) is 8.26. The summed E-state index contributed by atoms with van der Waals surface area (Å²) < 4.78 is 0. The minimum Gasteiger partial charge on any atom is -0.330 e. The van der Waals surface area contributed by atoms with Crippen molar-refractivity contribution in [2.24, 2.45) is 23.3 Å². The molecule has 0 aromatic carbocycles. The van der Waals surface area contributed by atoms with Crippen LogP contribution in [0.1, 0.15) is 77.0 Å². The van der Waals surface area contributed by atoms with Crippen molar-refractivity contribution in [3.05, 3.63) is 0 Å². The predicted molar refractivity (Wildman–Crippen MR) is 78.4 cm³/mol. The molecule has 2 rings (SSSR count). The fourth-order valence-corrected chi connectivity index (χ4v) is 4.42. The van der Waals surface area contributed by atoms with Crippen molar-refractivity contribution in [2.45, 2.75) is 82.6 Å². The van der Waals surface area contributed by atoms with Crippen molar-refractivity contribution in [3.63, 3.8) is 0 Å². The van der Waals surface area contributed by atoms with E-state index in [4.69, 9.17) is 11.5 Å². The van der Waals surface area contributed by atoms with Gasteiger partial charge in [0.25, 0.3) is 0 Å². The number of hydrogen-bond acceptors (Lipinski definition) is 2. The zero-order valence-corrected chi connectivity index (χ0v) is 12.0. The van der Waals surface area contributed by atoms with Gasteiger partial charge in [-0.1, -0.05) is 38.5 Å². The Morgan fingerprint density at radius 3 is 1.72 bits per heavy atom. The van der Waals surface area contributed by atoms with Gasteiger partial charge in [-0.2, -0.15) is 0 Å². The fourth-order valence-electron chi connectivity index (χ4n) is 4.42. The second-order valence-electron chi connectivity index (χ2n) is 6.67. The maximum absolute atomic E-state index is 6.96. The first-order valence-corrected chi connectivity index (χ1v) is 8.26. The Balaban J connectivity index is 1.92. The average Bonchev–Trinajstić information content (AvgIpc) is 3.05. The highest BCUT2D eigenvalue weighted by Crippen LogP contribution is 2.45. The lowest BCUT2D eigenvalue weighted by Gasteiger charge is -2.41. The molecule has 0 heterocycles. The molecule has 0 radical (unpaired) electrons. The van der Waals surface area contributed by atoms with Crippen molar-refractivity contribution < 1.29 is 0 Å². The molecule has 0 amide bonds. The smallest absolute Gasteiger partial charge is 0.0211 e. The molecule has 2 aliphatic carbocycles. The molecular formula is C16H32N2. The Morgan fingerprint density at radius 1 is 0.778 bits per heavy atom. The van der Waals surface area contributed by atoms with Crippen LogP contribution in [0.25, 0.3) is 0 Å². The van der Waals surface area contributed by atoms with E-state index < -0.39 is 0 Å². The van der Waals surface area contributed by atoms with E-state index in [0.717, 1.165) is 18.4 Å². The highest BCUT2D eigenvalue weighted by molar-refractivity contribution is 4.99. The van der Waals surface area contributed by atoms with Crippen LogP contribution < -0.4 is 11.5 Å². The molecule has 4 N–H and O–H groups in total. The Bertz CT molecular complexity index is 211. The van der Waals surface area contributed by atoms with E-state index in [0.29, 0.717) is 0 Å². The van der Waals surface area contributed by atoms with Crippen LogP contribution in [-0.2, 0) is 0 Å². The Labute approximate surface area is 113 Å². The summed E-state index contributed by atoms with van der Waals surface area (Å²) in [5.74, 6) is 1.64. The van der Waals surface area contributed by atoms with Gasteiger partial charge in [-0.15, -0.1) is 0 Å². The number of hydrogen-bond donors (Lipinski definition) is 2. The lowest BCUT2D eigenvalue weighted by Crippen LogP contribution is -2.52. The van der Waals surface area contributed by atoms with E-state index in [2.05, 4.69) is 0 Å². The standard InChI is InChI=1S/C16H32N2/c17-13-7-1-6-12-16(18,14-8-2-3-9-14)15-10-4-5-11-15/h14-15H,1-13,17-18H2. The third kappa shape index (κ3) is 3.27. The zero-order valence-electron chi connectivity index (χ0n) is 12.0. The quantitative estimate of drug-likeness (QED) is 0.680. The molecule has 106 valence electrons. The van der Waals surface area contributed by atoms with E-state index in [9.17, 15) is 0 Å². The average molecular weight is 252 g/mol. The summed E-state index contributed by atoms with van der Waals surface area (Å²) in [5, 5.41) is 0. The summed E-state index contributed by atoms with van der Waals surface area (Å²) in [5.41, 5.74) is 12.7. The fraction of sp³-hybridized carbons (Fsp3) is 1.00. The predicted octanol–water partition coefficient (Wildman–Crippen LogP) is 3.58. The molecular weight excluding hydrogens is 220 g/mol. The Kier molecular flexibility index (Phi) is 5.50. The van der Waals surface area contributed by atoms with Crippen LogP contribution in [0.5, 0.6) is 0 Å². The Hall–Kier alpha value is -0.0800. The summed E-state index contributed by atoms with van der Waals surface area (Å²) in [6.07, 6.45) is 16.2. The topological polar surface area (TPSA) is 52.0 Å². The first-order chi connectivity index (χ1) is 8.77. The van der Waals surface area contributed by atoms with E-state index in [-0.39, 0.29) is 5.54 Å². The second-order valence-corrected chi connectivity index (χ2v) is 6.67. The van der Waals surface area contributed by atoms with E-state index >= 15 is 0 Å². The lowest BCUT2D eigenvalue weighted by molar-refractivity contribution is 0.158. The summed E-state index contributed by atoms with van der Waals surface area (Å²) in [7, 11) is 0. The highest BCUT2D eigenvalue weighted by Gasteiger charge is 2.43. The van der Waals surface area contributed by atoms with E-state index in [1.165, 1.54) is 77.0 Å². The first kappa shape index (κ1) is 14.3. The van der Waals surface area contributed by atoms with Gasteiger partial charge in [-0.25, -0.2) is 0 Å². The van der Waals surface area contributed by atoms with Crippen LogP contribution in [-0.4, -0.2) is 12.1 Å². The summed E-state index contributed by atoms with van der Waals surface area (Å²) >= 11 is 0. The SMILES string of the molecule is NCCCCCC(N)(C1CCCC1)C1CCCC1. The summed E-state index contributed by atoms with van der Waals surface area (Å²) in [4.78, 5) is 0. The normalized spacial score (nSPS) is 23.0. The van der Waals surface area contributed by atoms with Gasteiger partial charge in [0.05, 0.1) is 0 Å². The van der Waals surface area contributed by atoms with Gasteiger partial charge < -0.3 is 11.5 Å². The minimum atomic E-state index is 0.168. The molecule has 2 saturated carbocycles. The van der Waals surface area contributed by atoms with Crippen LogP contribution in [0.3, 0.4) is 0 Å². The minimum absolute atomic E-state index is 0.168. The molecule has 0 spiro atoms.